The van der Waals surface area contributed by atoms with Crippen LogP contribution in [-0.4, -0.2) is 65.8 Å². The van der Waals surface area contributed by atoms with E-state index in [0.29, 0.717) is 34.5 Å². The molecule has 0 bridgehead atoms. The Morgan fingerprint density at radius 3 is 2.53 bits per heavy atom. The minimum absolute atomic E-state index is 0.388. The lowest BCUT2D eigenvalue weighted by Gasteiger charge is -2.36. The van der Waals surface area contributed by atoms with Crippen molar-refractivity contribution in [3.8, 4) is 17.3 Å². The number of hydrogen-bond donors (Lipinski definition) is 1. The van der Waals surface area contributed by atoms with E-state index in [2.05, 4.69) is 53.0 Å². The summed E-state index contributed by atoms with van der Waals surface area (Å²) in [5.74, 6) is 0.426. The third kappa shape index (κ3) is 6.41. The quantitative estimate of drug-likeness (QED) is 0.337. The Hall–Kier alpha value is -3.87. The number of carbonyl (C=O) groups excluding carboxylic acids is 1. The molecule has 2 aromatic carbocycles. The molecule has 1 N–H and O–H groups in total. The van der Waals surface area contributed by atoms with Gasteiger partial charge in [0, 0.05) is 55.6 Å². The smallest absolute Gasteiger partial charge is 0.414 e. The van der Waals surface area contributed by atoms with Crippen LogP contribution in [0.1, 0.15) is 58.2 Å². The Bertz CT molecular complexity index is 1580. The van der Waals surface area contributed by atoms with Crippen molar-refractivity contribution in [3.05, 3.63) is 58.2 Å². The van der Waals surface area contributed by atoms with Gasteiger partial charge in [-0.25, -0.2) is 14.8 Å². The van der Waals surface area contributed by atoms with Crippen LogP contribution >= 0.6 is 11.6 Å². The first-order valence-corrected chi connectivity index (χ1v) is 15.1. The molecule has 0 atom stereocenters. The van der Waals surface area contributed by atoms with Crippen molar-refractivity contribution in [2.45, 2.75) is 59.5 Å². The fourth-order valence-corrected chi connectivity index (χ4v) is 6.04. The van der Waals surface area contributed by atoms with Crippen LogP contribution in [0.15, 0.2) is 36.5 Å². The summed E-state index contributed by atoms with van der Waals surface area (Å²) in [6.07, 6.45) is 1.24. The average molecular weight is 602 g/mol. The van der Waals surface area contributed by atoms with Gasteiger partial charge >= 0.3 is 6.09 Å². The zero-order chi connectivity index (χ0) is 31.1. The van der Waals surface area contributed by atoms with E-state index >= 15 is 0 Å². The number of nitrogens with zero attached hydrogens (tertiary/aromatic N) is 6. The molecule has 5 rings (SSSR count). The van der Waals surface area contributed by atoms with E-state index in [1.54, 1.807) is 17.2 Å². The largest absolute Gasteiger partial charge is 0.443 e. The van der Waals surface area contributed by atoms with E-state index in [9.17, 15) is 10.1 Å². The zero-order valence-corrected chi connectivity index (χ0v) is 26.8. The molecule has 0 radical (unpaired) electrons. The van der Waals surface area contributed by atoms with E-state index < -0.39 is 11.7 Å². The number of halogens is 1. The number of ether oxygens (including phenoxy) is 1. The summed E-state index contributed by atoms with van der Waals surface area (Å²) in [6.45, 7) is 19.3. The number of aromatic nitrogens is 2. The van der Waals surface area contributed by atoms with Crippen molar-refractivity contribution in [3.63, 3.8) is 0 Å². The number of carbonyl (C=O) groups is 1. The first kappa shape index (κ1) is 30.6. The molecule has 1 amide bonds. The van der Waals surface area contributed by atoms with E-state index in [1.165, 1.54) is 0 Å². The molecule has 1 saturated heterocycles. The van der Waals surface area contributed by atoms with E-state index in [-0.39, 0.29) is 5.41 Å². The van der Waals surface area contributed by atoms with Crippen molar-refractivity contribution in [1.82, 2.24) is 14.9 Å². The van der Waals surface area contributed by atoms with Gasteiger partial charge in [-0.05, 0) is 75.7 Å². The Morgan fingerprint density at radius 1 is 1.16 bits per heavy atom. The predicted octanol–water partition coefficient (Wildman–Crippen LogP) is 6.90. The van der Waals surface area contributed by atoms with Crippen LogP contribution in [0, 0.1) is 18.3 Å². The summed E-state index contributed by atoms with van der Waals surface area (Å²) in [4.78, 5) is 28.7. The summed E-state index contributed by atoms with van der Waals surface area (Å²) in [7, 11) is 0. The normalized spacial score (nSPS) is 16.5. The summed E-state index contributed by atoms with van der Waals surface area (Å²) >= 11 is 6.78. The molecular formula is C33H40ClN7O2. The van der Waals surface area contributed by atoms with Crippen molar-refractivity contribution in [2.24, 2.45) is 0 Å². The van der Waals surface area contributed by atoms with Crippen molar-refractivity contribution < 1.29 is 9.53 Å². The molecule has 1 fully saturated rings. The van der Waals surface area contributed by atoms with Crippen LogP contribution in [0.5, 0.6) is 0 Å². The number of rotatable bonds is 5. The zero-order valence-electron chi connectivity index (χ0n) is 26.1. The monoisotopic (exact) mass is 601 g/mol. The van der Waals surface area contributed by atoms with Crippen LogP contribution < -0.4 is 15.1 Å². The highest BCUT2D eigenvalue weighted by molar-refractivity contribution is 6.33. The van der Waals surface area contributed by atoms with Gasteiger partial charge in [0.2, 0.25) is 5.95 Å². The molecule has 1 aromatic heterocycles. The first-order valence-electron chi connectivity index (χ1n) is 14.8. The molecule has 226 valence electrons. The van der Waals surface area contributed by atoms with Crippen LogP contribution in [0.3, 0.4) is 0 Å². The fraction of sp³-hybridized carbons (Fsp3) is 0.455. The van der Waals surface area contributed by atoms with Gasteiger partial charge < -0.3 is 19.9 Å². The lowest BCUT2D eigenvalue weighted by Crippen LogP contribution is -2.46. The topological polar surface area (TPSA) is 97.6 Å². The van der Waals surface area contributed by atoms with E-state index in [4.69, 9.17) is 21.3 Å². The van der Waals surface area contributed by atoms with Gasteiger partial charge in [0.1, 0.15) is 11.7 Å². The number of nitrogens with one attached hydrogen (secondary N) is 1. The second-order valence-electron chi connectivity index (χ2n) is 12.9. The first-order chi connectivity index (χ1) is 20.3. The lowest BCUT2D eigenvalue weighted by atomic mass is 9.85. The SMILES string of the molecule is CCN1CCN(c2cc(C)c(Nc3nccc(-c4cc(C#N)c5c(c4)C(C)(C)CN5C(=O)OC(C)(C)C)n3)cc2Cl)CC1. The molecular weight excluding hydrogens is 562 g/mol. The second kappa shape index (κ2) is 11.7. The van der Waals surface area contributed by atoms with Crippen molar-refractivity contribution in [2.75, 3.05) is 54.4 Å². The lowest BCUT2D eigenvalue weighted by molar-refractivity contribution is 0.0579. The Kier molecular flexibility index (Phi) is 8.30. The Labute approximate surface area is 259 Å². The van der Waals surface area contributed by atoms with Gasteiger partial charge in [-0.3, -0.25) is 4.90 Å². The molecule has 2 aliphatic heterocycles. The number of hydrogen-bond acceptors (Lipinski definition) is 8. The summed E-state index contributed by atoms with van der Waals surface area (Å²) < 4.78 is 5.66. The highest BCUT2D eigenvalue weighted by Crippen LogP contribution is 2.45. The minimum Gasteiger partial charge on any atom is -0.443 e. The third-order valence-corrected chi connectivity index (χ3v) is 8.35. The fourth-order valence-electron chi connectivity index (χ4n) is 5.76. The molecule has 3 heterocycles. The number of likely N-dealkylation sites (N-methyl/N-ethyl adjacent to an activating group) is 1. The van der Waals surface area contributed by atoms with Gasteiger partial charge in [0.05, 0.1) is 27.7 Å². The van der Waals surface area contributed by atoms with Crippen molar-refractivity contribution in [1.29, 1.82) is 5.26 Å². The van der Waals surface area contributed by atoms with Crippen LogP contribution in [0.25, 0.3) is 11.3 Å². The molecule has 3 aromatic rings. The maximum Gasteiger partial charge on any atom is 0.414 e. The number of nitriles is 1. The van der Waals surface area contributed by atoms with E-state index in [0.717, 1.165) is 60.8 Å². The Morgan fingerprint density at radius 2 is 1.88 bits per heavy atom. The van der Waals surface area contributed by atoms with Gasteiger partial charge in [-0.1, -0.05) is 32.4 Å². The average Bonchev–Trinajstić information content (AvgIpc) is 3.24. The van der Waals surface area contributed by atoms with Gasteiger partial charge in [0.25, 0.3) is 0 Å². The Balaban J connectivity index is 1.42. The summed E-state index contributed by atoms with van der Waals surface area (Å²) in [5, 5.41) is 14.2. The number of anilines is 4. The molecule has 0 saturated carbocycles. The number of aryl methyl sites for hydroxylation is 1. The maximum atomic E-state index is 13.1. The minimum atomic E-state index is -0.645. The summed E-state index contributed by atoms with van der Waals surface area (Å²) in [5.41, 5.74) is 5.22. The number of fused-ring (bicyclic) bond motifs is 1. The van der Waals surface area contributed by atoms with Gasteiger partial charge in [0.15, 0.2) is 0 Å². The number of piperazine rings is 1. The van der Waals surface area contributed by atoms with Crippen LogP contribution in [0.4, 0.5) is 27.8 Å². The molecule has 0 aliphatic carbocycles. The highest BCUT2D eigenvalue weighted by atomic mass is 35.5. The van der Waals surface area contributed by atoms with Gasteiger partial charge in [-0.2, -0.15) is 5.26 Å². The molecule has 0 spiro atoms. The highest BCUT2D eigenvalue weighted by Gasteiger charge is 2.42. The molecule has 0 unspecified atom stereocenters. The maximum absolute atomic E-state index is 13.1. The van der Waals surface area contributed by atoms with E-state index in [1.807, 2.05) is 45.9 Å². The summed E-state index contributed by atoms with van der Waals surface area (Å²) in [6, 6.07) is 12.0. The molecule has 43 heavy (non-hydrogen) atoms. The van der Waals surface area contributed by atoms with Crippen LogP contribution in [0.2, 0.25) is 5.02 Å². The number of amides is 1. The van der Waals surface area contributed by atoms with Crippen LogP contribution in [-0.2, 0) is 10.2 Å². The second-order valence-corrected chi connectivity index (χ2v) is 13.3. The molecule has 10 heteroatoms. The number of benzene rings is 2. The predicted molar refractivity (Wildman–Crippen MR) is 173 cm³/mol. The molecule has 9 nitrogen and oxygen atoms in total. The van der Waals surface area contributed by atoms with Crippen molar-refractivity contribution >= 4 is 40.7 Å². The van der Waals surface area contributed by atoms with Gasteiger partial charge in [-0.15, -0.1) is 0 Å². The third-order valence-electron chi connectivity index (χ3n) is 8.05. The molecule has 2 aliphatic rings. The standard InChI is InChI=1S/C33H40ClN7O2/c1-8-39-11-13-40(14-12-39)28-15-21(2)27(18-25(28)34)38-30-36-10-9-26(37-30)22-16-23(19-35)29-24(17-22)33(6,7)20-41(29)31(42)43-32(3,4)5/h9-10,15-18H,8,11-14,20H2,1-7H3,(H,36,37,38).